The van der Waals surface area contributed by atoms with Gasteiger partial charge in [0.25, 0.3) is 0 Å². The minimum Gasteiger partial charge on any atom is -0.444 e. The lowest BCUT2D eigenvalue weighted by Crippen LogP contribution is -2.41. The normalized spacial score (nSPS) is 19.6. The summed E-state index contributed by atoms with van der Waals surface area (Å²) in [5.74, 6) is 0. The average molecular weight is 406 g/mol. The quantitative estimate of drug-likeness (QED) is 0.831. The number of carbonyl (C=O) groups excluding carboxylic acids is 1. The first kappa shape index (κ1) is 18.2. The Morgan fingerprint density at radius 1 is 1.43 bits per heavy atom. The third-order valence-electron chi connectivity index (χ3n) is 3.19. The number of hydrogen-bond acceptors (Lipinski definition) is 5. The van der Waals surface area contributed by atoms with Crippen LogP contribution in [0.3, 0.4) is 0 Å². The maximum Gasteiger partial charge on any atom is 0.407 e. The molecular formula is C14H20BrN3O4S. The second-order valence-electron chi connectivity index (χ2n) is 6.33. The molecule has 1 saturated heterocycles. The van der Waals surface area contributed by atoms with E-state index in [1.165, 1.54) is 22.8 Å². The molecule has 9 heteroatoms. The van der Waals surface area contributed by atoms with Crippen LogP contribution in [0.25, 0.3) is 0 Å². The van der Waals surface area contributed by atoms with E-state index in [9.17, 15) is 13.2 Å². The van der Waals surface area contributed by atoms with Crippen molar-refractivity contribution in [2.24, 2.45) is 0 Å². The highest BCUT2D eigenvalue weighted by molar-refractivity contribution is 9.10. The molecule has 7 nitrogen and oxygen atoms in total. The molecule has 0 aromatic carbocycles. The van der Waals surface area contributed by atoms with Gasteiger partial charge in [-0.15, -0.1) is 0 Å². The van der Waals surface area contributed by atoms with Crippen LogP contribution in [0.2, 0.25) is 0 Å². The lowest BCUT2D eigenvalue weighted by Gasteiger charge is -2.22. The Balaban J connectivity index is 2.01. The van der Waals surface area contributed by atoms with Crippen LogP contribution < -0.4 is 5.32 Å². The van der Waals surface area contributed by atoms with E-state index >= 15 is 0 Å². The van der Waals surface area contributed by atoms with Crippen molar-refractivity contribution in [2.45, 2.75) is 43.7 Å². The largest absolute Gasteiger partial charge is 0.444 e. The second kappa shape index (κ2) is 6.74. The van der Waals surface area contributed by atoms with E-state index in [-0.39, 0.29) is 17.5 Å². The summed E-state index contributed by atoms with van der Waals surface area (Å²) in [5.41, 5.74) is -0.587. The number of nitrogens with one attached hydrogen (secondary N) is 1. The van der Waals surface area contributed by atoms with Gasteiger partial charge >= 0.3 is 6.09 Å². The molecule has 1 fully saturated rings. The van der Waals surface area contributed by atoms with Crippen molar-refractivity contribution in [3.63, 3.8) is 0 Å². The topological polar surface area (TPSA) is 88.6 Å². The van der Waals surface area contributed by atoms with Gasteiger partial charge in [-0.2, -0.15) is 4.31 Å². The third kappa shape index (κ3) is 4.89. The summed E-state index contributed by atoms with van der Waals surface area (Å²) in [6.07, 6.45) is 2.84. The molecule has 0 bridgehead atoms. The molecular weight excluding hydrogens is 386 g/mol. The molecule has 1 amide bonds. The summed E-state index contributed by atoms with van der Waals surface area (Å²) in [6, 6.07) is 1.25. The minimum atomic E-state index is -3.62. The van der Waals surface area contributed by atoms with Gasteiger partial charge in [-0.1, -0.05) is 0 Å². The van der Waals surface area contributed by atoms with E-state index in [1.54, 1.807) is 20.8 Å². The van der Waals surface area contributed by atoms with E-state index in [4.69, 9.17) is 4.74 Å². The average Bonchev–Trinajstić information content (AvgIpc) is 2.85. The maximum atomic E-state index is 12.6. The number of sulfonamides is 1. The number of alkyl carbamates (subject to hydrolysis) is 1. The smallest absolute Gasteiger partial charge is 0.407 e. The zero-order chi connectivity index (χ0) is 17.3. The fraction of sp³-hybridized carbons (Fsp3) is 0.571. The molecule has 2 heterocycles. The van der Waals surface area contributed by atoms with Crippen molar-refractivity contribution in [2.75, 3.05) is 13.1 Å². The number of amides is 1. The Morgan fingerprint density at radius 2 is 2.13 bits per heavy atom. The number of rotatable bonds is 3. The number of ether oxygens (including phenoxy) is 1. The zero-order valence-electron chi connectivity index (χ0n) is 13.2. The highest BCUT2D eigenvalue weighted by Crippen LogP contribution is 2.22. The van der Waals surface area contributed by atoms with E-state index < -0.39 is 21.7 Å². The van der Waals surface area contributed by atoms with Crippen molar-refractivity contribution >= 4 is 32.0 Å². The van der Waals surface area contributed by atoms with Crippen LogP contribution in [0.1, 0.15) is 27.2 Å². The summed E-state index contributed by atoms with van der Waals surface area (Å²) in [5, 5.41) is 2.71. The number of nitrogens with zero attached hydrogens (tertiary/aromatic N) is 2. The fourth-order valence-electron chi connectivity index (χ4n) is 2.22. The van der Waals surface area contributed by atoms with Gasteiger partial charge in [-0.05, 0) is 49.2 Å². The van der Waals surface area contributed by atoms with E-state index in [0.29, 0.717) is 17.4 Å². The van der Waals surface area contributed by atoms with Gasteiger partial charge in [-0.3, -0.25) is 4.98 Å². The first-order valence-electron chi connectivity index (χ1n) is 7.18. The second-order valence-corrected chi connectivity index (χ2v) is 9.19. The Labute approximate surface area is 144 Å². The van der Waals surface area contributed by atoms with Crippen LogP contribution in [0.5, 0.6) is 0 Å². The molecule has 128 valence electrons. The zero-order valence-corrected chi connectivity index (χ0v) is 15.6. The van der Waals surface area contributed by atoms with E-state index in [2.05, 4.69) is 26.2 Å². The number of aromatic nitrogens is 1. The molecule has 1 aliphatic rings. The molecule has 1 aromatic rings. The van der Waals surface area contributed by atoms with E-state index in [1.807, 2.05) is 0 Å². The van der Waals surface area contributed by atoms with Crippen LogP contribution in [0.4, 0.5) is 4.79 Å². The molecule has 1 aromatic heterocycles. The van der Waals surface area contributed by atoms with Crippen molar-refractivity contribution < 1.29 is 17.9 Å². The molecule has 0 saturated carbocycles. The highest BCUT2D eigenvalue weighted by Gasteiger charge is 2.34. The highest BCUT2D eigenvalue weighted by atomic mass is 79.9. The molecule has 1 unspecified atom stereocenters. The summed E-state index contributed by atoms with van der Waals surface area (Å²) >= 11 is 3.22. The van der Waals surface area contributed by atoms with Crippen LogP contribution in [-0.4, -0.2) is 48.5 Å². The number of hydrogen-bond donors (Lipinski definition) is 1. The van der Waals surface area contributed by atoms with Gasteiger partial charge in [0.05, 0.1) is 0 Å². The molecule has 0 spiro atoms. The lowest BCUT2D eigenvalue weighted by molar-refractivity contribution is 0.0507. The first-order chi connectivity index (χ1) is 10.6. The summed E-state index contributed by atoms with van der Waals surface area (Å²) in [7, 11) is -3.62. The van der Waals surface area contributed by atoms with Gasteiger partial charge in [-0.25, -0.2) is 13.2 Å². The predicted octanol–water partition coefficient (Wildman–Crippen LogP) is 2.13. The summed E-state index contributed by atoms with van der Waals surface area (Å²) in [4.78, 5) is 15.8. The van der Waals surface area contributed by atoms with Crippen LogP contribution in [-0.2, 0) is 14.8 Å². The standard InChI is InChI=1S/C14H20BrN3O4S/c1-14(2,3)22-13(19)17-11-4-5-18(9-11)23(20,21)12-6-10(15)7-16-8-12/h6-8,11H,4-5,9H2,1-3H3,(H,17,19). The van der Waals surface area contributed by atoms with Crippen LogP contribution in [0.15, 0.2) is 27.8 Å². The monoisotopic (exact) mass is 405 g/mol. The molecule has 0 aliphatic carbocycles. The number of halogens is 1. The molecule has 1 aliphatic heterocycles. The predicted molar refractivity (Wildman–Crippen MR) is 88.5 cm³/mol. The third-order valence-corrected chi connectivity index (χ3v) is 5.45. The Kier molecular flexibility index (Phi) is 5.32. The Bertz CT molecular complexity index is 688. The van der Waals surface area contributed by atoms with Gasteiger partial charge in [0.15, 0.2) is 0 Å². The fourth-order valence-corrected chi connectivity index (χ4v) is 4.23. The van der Waals surface area contributed by atoms with Crippen LogP contribution >= 0.6 is 15.9 Å². The minimum absolute atomic E-state index is 0.129. The number of carbonyl (C=O) groups is 1. The summed E-state index contributed by atoms with van der Waals surface area (Å²) in [6.45, 7) is 5.89. The Morgan fingerprint density at radius 3 is 2.74 bits per heavy atom. The van der Waals surface area contributed by atoms with Crippen LogP contribution in [0, 0.1) is 0 Å². The van der Waals surface area contributed by atoms with Gasteiger partial charge < -0.3 is 10.1 Å². The molecule has 2 rings (SSSR count). The van der Waals surface area contributed by atoms with Gasteiger partial charge in [0.1, 0.15) is 10.5 Å². The molecule has 1 atom stereocenters. The van der Waals surface area contributed by atoms with Crippen molar-refractivity contribution in [1.29, 1.82) is 0 Å². The van der Waals surface area contributed by atoms with Crippen molar-refractivity contribution in [3.8, 4) is 0 Å². The van der Waals surface area contributed by atoms with Crippen molar-refractivity contribution in [1.82, 2.24) is 14.6 Å². The van der Waals surface area contributed by atoms with Crippen molar-refractivity contribution in [3.05, 3.63) is 22.9 Å². The molecule has 23 heavy (non-hydrogen) atoms. The maximum absolute atomic E-state index is 12.6. The summed E-state index contributed by atoms with van der Waals surface area (Å²) < 4.78 is 32.3. The van der Waals surface area contributed by atoms with Gasteiger partial charge in [0.2, 0.25) is 10.0 Å². The van der Waals surface area contributed by atoms with E-state index in [0.717, 1.165) is 0 Å². The lowest BCUT2D eigenvalue weighted by atomic mass is 10.2. The molecule has 0 radical (unpaired) electrons. The Hall–Kier alpha value is -1.19. The first-order valence-corrected chi connectivity index (χ1v) is 9.41. The van der Waals surface area contributed by atoms with Gasteiger partial charge in [0, 0.05) is 36.0 Å². The molecule has 1 N–H and O–H groups in total. The SMILES string of the molecule is CC(C)(C)OC(=O)NC1CCN(S(=O)(=O)c2cncc(Br)c2)C1. The number of pyridine rings is 1.